The van der Waals surface area contributed by atoms with Crippen LogP contribution in [0, 0.1) is 11.6 Å². The maximum absolute atomic E-state index is 13.8. The third-order valence-corrected chi connectivity index (χ3v) is 2.84. The second-order valence-corrected chi connectivity index (χ2v) is 4.84. The van der Waals surface area contributed by atoms with E-state index < -0.39 is 11.6 Å². The summed E-state index contributed by atoms with van der Waals surface area (Å²) in [5.74, 6) is -0.817. The quantitative estimate of drug-likeness (QED) is 0.858. The van der Waals surface area contributed by atoms with E-state index in [1.165, 1.54) is 6.07 Å². The van der Waals surface area contributed by atoms with Crippen molar-refractivity contribution in [2.45, 2.75) is 45.4 Å². The molecular formula is C13H17F2NO. The Labute approximate surface area is 100.0 Å². The predicted octanol–water partition coefficient (Wildman–Crippen LogP) is 3.17. The second kappa shape index (κ2) is 4.61. The summed E-state index contributed by atoms with van der Waals surface area (Å²) in [7, 11) is 0. The van der Waals surface area contributed by atoms with Gasteiger partial charge in [0.05, 0.1) is 6.10 Å². The van der Waals surface area contributed by atoms with Crippen molar-refractivity contribution in [3.63, 3.8) is 0 Å². The van der Waals surface area contributed by atoms with E-state index in [2.05, 4.69) is 5.32 Å². The molecule has 0 aromatic heterocycles. The molecule has 0 radical (unpaired) electrons. The van der Waals surface area contributed by atoms with Crippen LogP contribution in [0.1, 0.15) is 38.8 Å². The largest absolute Gasteiger partial charge is 0.490 e. The molecule has 2 unspecified atom stereocenters. The number of nitrogens with one attached hydrogen (secondary N) is 1. The molecule has 2 rings (SSSR count). The van der Waals surface area contributed by atoms with Gasteiger partial charge in [0, 0.05) is 36.2 Å². The molecule has 2 atom stereocenters. The fourth-order valence-corrected chi connectivity index (χ4v) is 2.27. The molecular weight excluding hydrogens is 224 g/mol. The van der Waals surface area contributed by atoms with Gasteiger partial charge in [0.1, 0.15) is 17.4 Å². The van der Waals surface area contributed by atoms with Crippen LogP contribution in [-0.4, -0.2) is 12.1 Å². The van der Waals surface area contributed by atoms with Crippen molar-refractivity contribution in [2.75, 3.05) is 0 Å². The fraction of sp³-hybridized carbons (Fsp3) is 0.538. The first kappa shape index (κ1) is 12.3. The fourth-order valence-electron chi connectivity index (χ4n) is 2.27. The number of hydrogen-bond donors (Lipinski definition) is 1. The second-order valence-electron chi connectivity index (χ2n) is 4.84. The molecule has 1 aromatic carbocycles. The summed E-state index contributed by atoms with van der Waals surface area (Å²) in [6.07, 6.45) is 0.647. The van der Waals surface area contributed by atoms with Crippen LogP contribution in [0.3, 0.4) is 0 Å². The smallest absolute Gasteiger partial charge is 0.134 e. The lowest BCUT2D eigenvalue weighted by Crippen LogP contribution is -2.35. The van der Waals surface area contributed by atoms with Gasteiger partial charge in [-0.15, -0.1) is 0 Å². The summed E-state index contributed by atoms with van der Waals surface area (Å²) in [4.78, 5) is 0. The number of fused-ring (bicyclic) bond motifs is 1. The standard InChI is InChI=1S/C13H17F2NO/c1-7(2)16-11-4-8(3)17-12-6-9(14)5-10(15)13(11)12/h5-8,11,16H,4H2,1-3H3. The highest BCUT2D eigenvalue weighted by Gasteiger charge is 2.29. The monoisotopic (exact) mass is 241 g/mol. The highest BCUT2D eigenvalue weighted by Crippen LogP contribution is 2.37. The van der Waals surface area contributed by atoms with Crippen molar-refractivity contribution in [3.8, 4) is 5.75 Å². The molecule has 0 fully saturated rings. The van der Waals surface area contributed by atoms with E-state index in [1.54, 1.807) is 0 Å². The third kappa shape index (κ3) is 2.57. The van der Waals surface area contributed by atoms with Gasteiger partial charge in [0.15, 0.2) is 0 Å². The van der Waals surface area contributed by atoms with Gasteiger partial charge in [-0.25, -0.2) is 8.78 Å². The van der Waals surface area contributed by atoms with Crippen LogP contribution in [0.25, 0.3) is 0 Å². The summed E-state index contributed by atoms with van der Waals surface area (Å²) >= 11 is 0. The predicted molar refractivity (Wildman–Crippen MR) is 62.1 cm³/mol. The Kier molecular flexibility index (Phi) is 3.33. The summed E-state index contributed by atoms with van der Waals surface area (Å²) < 4.78 is 32.4. The number of hydrogen-bond acceptors (Lipinski definition) is 2. The molecule has 0 aliphatic carbocycles. The van der Waals surface area contributed by atoms with Crippen LogP contribution in [0.5, 0.6) is 5.75 Å². The molecule has 17 heavy (non-hydrogen) atoms. The zero-order valence-electron chi connectivity index (χ0n) is 10.3. The molecule has 0 spiro atoms. The van der Waals surface area contributed by atoms with Gasteiger partial charge in [-0.1, -0.05) is 13.8 Å². The minimum atomic E-state index is -0.598. The lowest BCUT2D eigenvalue weighted by Gasteiger charge is -2.32. The molecule has 0 bridgehead atoms. The van der Waals surface area contributed by atoms with Crippen LogP contribution in [0.4, 0.5) is 8.78 Å². The Balaban J connectivity index is 2.41. The van der Waals surface area contributed by atoms with E-state index in [0.717, 1.165) is 6.07 Å². The van der Waals surface area contributed by atoms with Crippen LogP contribution in [0.15, 0.2) is 12.1 Å². The van der Waals surface area contributed by atoms with Gasteiger partial charge in [0.25, 0.3) is 0 Å². The van der Waals surface area contributed by atoms with Crippen molar-refractivity contribution in [1.82, 2.24) is 5.32 Å². The summed E-state index contributed by atoms with van der Waals surface area (Å²) in [5, 5.41) is 3.29. The van der Waals surface area contributed by atoms with Gasteiger partial charge >= 0.3 is 0 Å². The molecule has 1 N–H and O–H groups in total. The molecule has 1 heterocycles. The number of halogens is 2. The lowest BCUT2D eigenvalue weighted by molar-refractivity contribution is 0.159. The van der Waals surface area contributed by atoms with Crippen LogP contribution >= 0.6 is 0 Å². The van der Waals surface area contributed by atoms with Gasteiger partial charge in [-0.2, -0.15) is 0 Å². The SMILES string of the molecule is CC(C)NC1CC(C)Oc2cc(F)cc(F)c21. The van der Waals surface area contributed by atoms with Crippen molar-refractivity contribution >= 4 is 0 Å². The molecule has 1 aliphatic heterocycles. The van der Waals surface area contributed by atoms with Crippen molar-refractivity contribution in [3.05, 3.63) is 29.3 Å². The first-order valence-electron chi connectivity index (χ1n) is 5.89. The van der Waals surface area contributed by atoms with Crippen LogP contribution < -0.4 is 10.1 Å². The lowest BCUT2D eigenvalue weighted by atomic mass is 9.95. The Morgan fingerprint density at radius 3 is 2.71 bits per heavy atom. The zero-order chi connectivity index (χ0) is 12.6. The highest BCUT2D eigenvalue weighted by atomic mass is 19.1. The number of benzene rings is 1. The van der Waals surface area contributed by atoms with E-state index in [1.807, 2.05) is 20.8 Å². The van der Waals surface area contributed by atoms with Gasteiger partial charge in [-0.3, -0.25) is 0 Å². The molecule has 94 valence electrons. The minimum Gasteiger partial charge on any atom is -0.490 e. The topological polar surface area (TPSA) is 21.3 Å². The Bertz CT molecular complexity index is 420. The van der Waals surface area contributed by atoms with Crippen LogP contribution in [0.2, 0.25) is 0 Å². The molecule has 0 amide bonds. The average molecular weight is 241 g/mol. The minimum absolute atomic E-state index is 0.0417. The molecule has 1 aliphatic rings. The Morgan fingerprint density at radius 2 is 2.06 bits per heavy atom. The highest BCUT2D eigenvalue weighted by molar-refractivity contribution is 5.39. The van der Waals surface area contributed by atoms with Crippen molar-refractivity contribution in [2.24, 2.45) is 0 Å². The Morgan fingerprint density at radius 1 is 1.35 bits per heavy atom. The maximum Gasteiger partial charge on any atom is 0.134 e. The number of rotatable bonds is 2. The van der Waals surface area contributed by atoms with Crippen molar-refractivity contribution < 1.29 is 13.5 Å². The van der Waals surface area contributed by atoms with E-state index in [0.29, 0.717) is 17.7 Å². The molecule has 0 saturated carbocycles. The van der Waals surface area contributed by atoms with Crippen LogP contribution in [-0.2, 0) is 0 Å². The summed E-state index contributed by atoms with van der Waals surface area (Å²) in [5.41, 5.74) is 0.443. The van der Waals surface area contributed by atoms with E-state index >= 15 is 0 Å². The normalized spacial score (nSPS) is 23.4. The van der Waals surface area contributed by atoms with Gasteiger partial charge < -0.3 is 10.1 Å². The first-order chi connectivity index (χ1) is 7.97. The molecule has 0 saturated heterocycles. The average Bonchev–Trinajstić information content (AvgIpc) is 2.13. The maximum atomic E-state index is 13.8. The van der Waals surface area contributed by atoms with E-state index in [-0.39, 0.29) is 18.2 Å². The van der Waals surface area contributed by atoms with E-state index in [4.69, 9.17) is 4.74 Å². The molecule has 2 nitrogen and oxygen atoms in total. The summed E-state index contributed by atoms with van der Waals surface area (Å²) in [6.45, 7) is 5.91. The zero-order valence-corrected chi connectivity index (χ0v) is 10.3. The first-order valence-corrected chi connectivity index (χ1v) is 5.89. The Hall–Kier alpha value is -1.16. The molecule has 4 heteroatoms. The molecule has 1 aromatic rings. The van der Waals surface area contributed by atoms with Crippen molar-refractivity contribution in [1.29, 1.82) is 0 Å². The summed E-state index contributed by atoms with van der Waals surface area (Å²) in [6, 6.07) is 2.29. The van der Waals surface area contributed by atoms with Gasteiger partial charge in [-0.05, 0) is 6.92 Å². The third-order valence-electron chi connectivity index (χ3n) is 2.84. The number of ether oxygens (including phenoxy) is 1. The van der Waals surface area contributed by atoms with E-state index in [9.17, 15) is 8.78 Å². The van der Waals surface area contributed by atoms with Gasteiger partial charge in [0.2, 0.25) is 0 Å².